The minimum atomic E-state index is 0.213. The van der Waals surface area contributed by atoms with E-state index in [9.17, 15) is 0 Å². The Morgan fingerprint density at radius 3 is 2.00 bits per heavy atom. The van der Waals surface area contributed by atoms with Crippen LogP contribution in [0.25, 0.3) is 11.1 Å². The van der Waals surface area contributed by atoms with E-state index in [1.165, 1.54) is 22.3 Å². The quantitative estimate of drug-likeness (QED) is 0.485. The summed E-state index contributed by atoms with van der Waals surface area (Å²) >= 11 is 6.21. The molecule has 0 aromatic heterocycles. The first kappa shape index (κ1) is 18.1. The van der Waals surface area contributed by atoms with Gasteiger partial charge in [0.1, 0.15) is 12.4 Å². The van der Waals surface area contributed by atoms with E-state index in [1.807, 2.05) is 30.3 Å². The first-order chi connectivity index (χ1) is 13.3. The number of hydrogen-bond donors (Lipinski definition) is 0. The van der Waals surface area contributed by atoms with Crippen molar-refractivity contribution in [1.82, 2.24) is 4.90 Å². The molecule has 2 nitrogen and oxygen atoms in total. The summed E-state index contributed by atoms with van der Waals surface area (Å²) in [6.07, 6.45) is 0. The molecule has 0 aliphatic heterocycles. The van der Waals surface area contributed by atoms with Gasteiger partial charge in [0, 0.05) is 18.5 Å². The lowest BCUT2D eigenvalue weighted by Crippen LogP contribution is -2.41. The molecule has 1 aliphatic rings. The normalized spacial score (nSPS) is 14.0. The highest BCUT2D eigenvalue weighted by Crippen LogP contribution is 2.46. The molecule has 3 heteroatoms. The monoisotopic (exact) mass is 377 g/mol. The standard InChI is InChI=1S/C24H24ClNO/c1-18(17-27-19-9-3-2-4-10-19)26(16-15-25)24-22-13-7-5-11-20(22)21-12-6-8-14-23(21)24/h2-14,18,24H,15-17H2,1H3/t18-/m1/s1. The zero-order chi connectivity index (χ0) is 18.6. The second-order valence-corrected chi connectivity index (χ2v) is 7.35. The number of rotatable bonds is 7. The zero-order valence-electron chi connectivity index (χ0n) is 15.5. The zero-order valence-corrected chi connectivity index (χ0v) is 16.3. The van der Waals surface area contributed by atoms with Crippen LogP contribution < -0.4 is 4.74 Å². The van der Waals surface area contributed by atoms with E-state index in [0.717, 1.165) is 12.3 Å². The third-order valence-electron chi connectivity index (χ3n) is 5.28. The van der Waals surface area contributed by atoms with E-state index in [4.69, 9.17) is 16.3 Å². The molecule has 0 saturated heterocycles. The Bertz CT molecular complexity index is 850. The van der Waals surface area contributed by atoms with Gasteiger partial charge in [-0.1, -0.05) is 66.7 Å². The van der Waals surface area contributed by atoms with E-state index in [0.29, 0.717) is 12.5 Å². The summed E-state index contributed by atoms with van der Waals surface area (Å²) in [5.41, 5.74) is 5.37. The van der Waals surface area contributed by atoms with Gasteiger partial charge in [-0.15, -0.1) is 11.6 Å². The molecule has 0 fully saturated rings. The van der Waals surface area contributed by atoms with Crippen molar-refractivity contribution < 1.29 is 4.74 Å². The lowest BCUT2D eigenvalue weighted by atomic mass is 10.0. The number of benzene rings is 3. The van der Waals surface area contributed by atoms with Crippen LogP contribution in [0.5, 0.6) is 5.75 Å². The fourth-order valence-electron chi connectivity index (χ4n) is 4.02. The van der Waals surface area contributed by atoms with Gasteiger partial charge in [-0.25, -0.2) is 0 Å². The van der Waals surface area contributed by atoms with E-state index < -0.39 is 0 Å². The lowest BCUT2D eigenvalue weighted by Gasteiger charge is -2.35. The number of nitrogens with zero attached hydrogens (tertiary/aromatic N) is 1. The second-order valence-electron chi connectivity index (χ2n) is 6.98. The van der Waals surface area contributed by atoms with Gasteiger partial charge >= 0.3 is 0 Å². The fourth-order valence-corrected chi connectivity index (χ4v) is 4.21. The summed E-state index contributed by atoms with van der Waals surface area (Å²) in [6, 6.07) is 27.9. The van der Waals surface area contributed by atoms with Gasteiger partial charge in [0.25, 0.3) is 0 Å². The fraction of sp³-hybridized carbons (Fsp3) is 0.250. The van der Waals surface area contributed by atoms with Crippen LogP contribution in [-0.4, -0.2) is 30.0 Å². The van der Waals surface area contributed by atoms with E-state index in [1.54, 1.807) is 0 Å². The van der Waals surface area contributed by atoms with Crippen molar-refractivity contribution in [3.05, 3.63) is 90.0 Å². The number of halogens is 1. The van der Waals surface area contributed by atoms with Gasteiger partial charge in [0.2, 0.25) is 0 Å². The van der Waals surface area contributed by atoms with Gasteiger partial charge in [0.15, 0.2) is 0 Å². The summed E-state index contributed by atoms with van der Waals surface area (Å²) in [6.45, 7) is 3.66. The molecule has 0 spiro atoms. The first-order valence-corrected chi connectivity index (χ1v) is 10.0. The van der Waals surface area contributed by atoms with Gasteiger partial charge in [-0.3, -0.25) is 4.90 Å². The topological polar surface area (TPSA) is 12.5 Å². The largest absolute Gasteiger partial charge is 0.492 e. The number of ether oxygens (including phenoxy) is 1. The molecule has 27 heavy (non-hydrogen) atoms. The Hall–Kier alpha value is -2.29. The second kappa shape index (κ2) is 8.16. The summed E-state index contributed by atoms with van der Waals surface area (Å²) in [5, 5.41) is 0. The van der Waals surface area contributed by atoms with Crippen LogP contribution in [0.3, 0.4) is 0 Å². The Labute approximate surface area is 166 Å². The SMILES string of the molecule is C[C@H](COc1ccccc1)N(CCCl)C1c2ccccc2-c2ccccc21. The summed E-state index contributed by atoms with van der Waals surface area (Å²) in [7, 11) is 0. The highest BCUT2D eigenvalue weighted by atomic mass is 35.5. The van der Waals surface area contributed by atoms with Gasteiger partial charge in [-0.05, 0) is 41.3 Å². The van der Waals surface area contributed by atoms with E-state index >= 15 is 0 Å². The van der Waals surface area contributed by atoms with Crippen molar-refractivity contribution in [2.75, 3.05) is 19.0 Å². The molecule has 0 N–H and O–H groups in total. The van der Waals surface area contributed by atoms with Crippen LogP contribution in [0.2, 0.25) is 0 Å². The molecular formula is C24H24ClNO. The van der Waals surface area contributed by atoms with Crippen LogP contribution in [-0.2, 0) is 0 Å². The maximum atomic E-state index is 6.21. The smallest absolute Gasteiger partial charge is 0.119 e. The molecule has 0 bridgehead atoms. The molecule has 3 aromatic rings. The van der Waals surface area contributed by atoms with Crippen molar-refractivity contribution in [3.63, 3.8) is 0 Å². The molecule has 0 saturated carbocycles. The van der Waals surface area contributed by atoms with Gasteiger partial charge in [-0.2, -0.15) is 0 Å². The predicted octanol–water partition coefficient (Wildman–Crippen LogP) is 5.76. The van der Waals surface area contributed by atoms with Crippen LogP contribution in [0.15, 0.2) is 78.9 Å². The van der Waals surface area contributed by atoms with Crippen LogP contribution in [0.4, 0.5) is 0 Å². The van der Waals surface area contributed by atoms with E-state index in [-0.39, 0.29) is 12.1 Å². The molecular weight excluding hydrogens is 354 g/mol. The summed E-state index contributed by atoms with van der Waals surface area (Å²) in [4.78, 5) is 2.47. The Morgan fingerprint density at radius 1 is 0.852 bits per heavy atom. The minimum Gasteiger partial charge on any atom is -0.492 e. The van der Waals surface area contributed by atoms with Crippen LogP contribution in [0.1, 0.15) is 24.1 Å². The molecule has 0 radical (unpaired) electrons. The van der Waals surface area contributed by atoms with Crippen LogP contribution in [0, 0.1) is 0 Å². The molecule has 0 heterocycles. The van der Waals surface area contributed by atoms with Crippen molar-refractivity contribution in [2.45, 2.75) is 19.0 Å². The number of hydrogen-bond acceptors (Lipinski definition) is 2. The highest BCUT2D eigenvalue weighted by molar-refractivity contribution is 6.18. The molecule has 138 valence electrons. The van der Waals surface area contributed by atoms with Crippen molar-refractivity contribution in [3.8, 4) is 16.9 Å². The molecule has 4 rings (SSSR count). The van der Waals surface area contributed by atoms with Crippen LogP contribution >= 0.6 is 11.6 Å². The molecule has 1 atom stereocenters. The Morgan fingerprint density at radius 2 is 1.41 bits per heavy atom. The number of para-hydroxylation sites is 1. The average Bonchev–Trinajstić information content (AvgIpc) is 3.05. The minimum absolute atomic E-state index is 0.213. The Kier molecular flexibility index (Phi) is 5.47. The lowest BCUT2D eigenvalue weighted by molar-refractivity contribution is 0.126. The molecule has 0 amide bonds. The number of fused-ring (bicyclic) bond motifs is 3. The van der Waals surface area contributed by atoms with Crippen molar-refractivity contribution in [1.29, 1.82) is 0 Å². The summed E-state index contributed by atoms with van der Waals surface area (Å²) in [5.74, 6) is 1.50. The summed E-state index contributed by atoms with van der Waals surface area (Å²) < 4.78 is 6.05. The average molecular weight is 378 g/mol. The van der Waals surface area contributed by atoms with Gasteiger partial charge < -0.3 is 4.74 Å². The number of alkyl halides is 1. The highest BCUT2D eigenvalue weighted by Gasteiger charge is 2.34. The first-order valence-electron chi connectivity index (χ1n) is 9.47. The van der Waals surface area contributed by atoms with Crippen molar-refractivity contribution >= 4 is 11.6 Å². The Balaban J connectivity index is 1.63. The molecule has 0 unspecified atom stereocenters. The molecule has 3 aromatic carbocycles. The third-order valence-corrected chi connectivity index (χ3v) is 5.44. The predicted molar refractivity (Wildman–Crippen MR) is 113 cm³/mol. The maximum absolute atomic E-state index is 6.21. The van der Waals surface area contributed by atoms with Gasteiger partial charge in [0.05, 0.1) is 6.04 Å². The molecule has 1 aliphatic carbocycles. The van der Waals surface area contributed by atoms with Crippen molar-refractivity contribution in [2.24, 2.45) is 0 Å². The third kappa shape index (κ3) is 3.60. The maximum Gasteiger partial charge on any atom is 0.119 e. The van der Waals surface area contributed by atoms with E-state index in [2.05, 4.69) is 60.4 Å².